The highest BCUT2D eigenvalue weighted by Gasteiger charge is 2.12. The van der Waals surface area contributed by atoms with Gasteiger partial charge in [0.05, 0.1) is 6.10 Å². The summed E-state index contributed by atoms with van der Waals surface area (Å²) in [6.07, 6.45) is 1.18. The molecule has 0 amide bonds. The van der Waals surface area contributed by atoms with E-state index in [4.69, 9.17) is 10.2 Å². The van der Waals surface area contributed by atoms with E-state index in [2.05, 4.69) is 0 Å². The van der Waals surface area contributed by atoms with E-state index in [0.717, 1.165) is 12.8 Å². The monoisotopic (exact) mass is 161 g/mol. The Bertz CT molecular complexity index is 94.1. The molecule has 3 nitrogen and oxygen atoms in total. The molecule has 0 aromatic carbocycles. The van der Waals surface area contributed by atoms with Crippen LogP contribution >= 0.6 is 0 Å². The normalized spacial score (nSPS) is 16.9. The Kier molecular flexibility index (Phi) is 5.46. The summed E-state index contributed by atoms with van der Waals surface area (Å²) in [4.78, 5) is 2.03. The van der Waals surface area contributed by atoms with Gasteiger partial charge in [0, 0.05) is 12.6 Å². The topological polar surface area (TPSA) is 43.7 Å². The van der Waals surface area contributed by atoms with Crippen molar-refractivity contribution in [3.8, 4) is 0 Å². The van der Waals surface area contributed by atoms with Gasteiger partial charge in [-0.05, 0) is 33.9 Å². The van der Waals surface area contributed by atoms with Gasteiger partial charge < -0.3 is 15.1 Å². The summed E-state index contributed by atoms with van der Waals surface area (Å²) in [5.74, 6) is 0. The molecule has 0 aliphatic carbocycles. The first-order valence-corrected chi connectivity index (χ1v) is 4.03. The number of hydrogen-bond donors (Lipinski definition) is 2. The van der Waals surface area contributed by atoms with Crippen LogP contribution in [0.5, 0.6) is 0 Å². The van der Waals surface area contributed by atoms with Crippen molar-refractivity contribution in [1.82, 2.24) is 4.90 Å². The molecule has 0 bridgehead atoms. The van der Waals surface area contributed by atoms with Gasteiger partial charge in [-0.15, -0.1) is 0 Å². The minimum atomic E-state index is -0.283. The fourth-order valence-electron chi connectivity index (χ4n) is 1.13. The molecule has 11 heavy (non-hydrogen) atoms. The van der Waals surface area contributed by atoms with Crippen molar-refractivity contribution in [2.75, 3.05) is 20.7 Å². The molecule has 68 valence electrons. The van der Waals surface area contributed by atoms with Gasteiger partial charge in [0.1, 0.15) is 0 Å². The number of nitrogens with zero attached hydrogens (tertiary/aromatic N) is 1. The third-order valence-electron chi connectivity index (χ3n) is 1.81. The average molecular weight is 161 g/mol. The van der Waals surface area contributed by atoms with E-state index in [9.17, 15) is 0 Å². The lowest BCUT2D eigenvalue weighted by atomic mass is 10.1. The van der Waals surface area contributed by atoms with Crippen molar-refractivity contribution in [3.05, 3.63) is 0 Å². The lowest BCUT2D eigenvalue weighted by molar-refractivity contribution is 0.122. The molecule has 0 fully saturated rings. The third-order valence-corrected chi connectivity index (χ3v) is 1.81. The maximum Gasteiger partial charge on any atom is 0.0527 e. The molecule has 0 aromatic heterocycles. The molecule has 0 spiro atoms. The van der Waals surface area contributed by atoms with Gasteiger partial charge in [-0.2, -0.15) is 0 Å². The van der Waals surface area contributed by atoms with Crippen molar-refractivity contribution in [1.29, 1.82) is 0 Å². The molecule has 0 aliphatic heterocycles. The quantitative estimate of drug-likeness (QED) is 0.599. The Morgan fingerprint density at radius 2 is 1.91 bits per heavy atom. The number of rotatable bonds is 5. The van der Waals surface area contributed by atoms with Crippen molar-refractivity contribution in [2.45, 2.75) is 31.9 Å². The Labute approximate surface area is 68.6 Å². The van der Waals surface area contributed by atoms with E-state index in [1.54, 1.807) is 6.92 Å². The highest BCUT2D eigenvalue weighted by Crippen LogP contribution is 2.06. The lowest BCUT2D eigenvalue weighted by Crippen LogP contribution is -2.31. The van der Waals surface area contributed by atoms with Gasteiger partial charge in [0.15, 0.2) is 0 Å². The first kappa shape index (κ1) is 10.9. The van der Waals surface area contributed by atoms with Crippen LogP contribution in [0.25, 0.3) is 0 Å². The molecule has 0 radical (unpaired) electrons. The molecule has 0 heterocycles. The summed E-state index contributed by atoms with van der Waals surface area (Å²) in [5, 5.41) is 17.8. The zero-order valence-corrected chi connectivity index (χ0v) is 7.62. The molecular formula is C8H19NO2. The Morgan fingerprint density at radius 3 is 2.18 bits per heavy atom. The molecule has 0 rings (SSSR count). The second-order valence-corrected chi connectivity index (χ2v) is 3.21. The number of aliphatic hydroxyl groups is 2. The van der Waals surface area contributed by atoms with Gasteiger partial charge in [-0.25, -0.2) is 0 Å². The fourth-order valence-corrected chi connectivity index (χ4v) is 1.13. The van der Waals surface area contributed by atoms with Gasteiger partial charge in [-0.3, -0.25) is 0 Å². The van der Waals surface area contributed by atoms with Crippen LogP contribution in [0.3, 0.4) is 0 Å². The first-order chi connectivity index (χ1) is 5.07. The van der Waals surface area contributed by atoms with E-state index in [-0.39, 0.29) is 12.7 Å². The van der Waals surface area contributed by atoms with E-state index in [0.29, 0.717) is 6.04 Å². The van der Waals surface area contributed by atoms with Crippen LogP contribution in [-0.4, -0.2) is 48.0 Å². The minimum Gasteiger partial charge on any atom is -0.396 e. The molecule has 2 atom stereocenters. The minimum absolute atomic E-state index is 0.190. The van der Waals surface area contributed by atoms with Crippen LogP contribution in [0.2, 0.25) is 0 Å². The van der Waals surface area contributed by atoms with Crippen molar-refractivity contribution in [3.63, 3.8) is 0 Å². The van der Waals surface area contributed by atoms with Gasteiger partial charge in [0.25, 0.3) is 0 Å². The van der Waals surface area contributed by atoms with Gasteiger partial charge in [-0.1, -0.05) is 0 Å². The second-order valence-electron chi connectivity index (χ2n) is 3.21. The highest BCUT2D eigenvalue weighted by atomic mass is 16.3. The second kappa shape index (κ2) is 5.52. The highest BCUT2D eigenvalue weighted by molar-refractivity contribution is 4.68. The van der Waals surface area contributed by atoms with Crippen LogP contribution in [0.1, 0.15) is 19.8 Å². The van der Waals surface area contributed by atoms with Gasteiger partial charge in [0.2, 0.25) is 0 Å². The van der Waals surface area contributed by atoms with Gasteiger partial charge >= 0.3 is 0 Å². The molecule has 3 heteroatoms. The summed E-state index contributed by atoms with van der Waals surface area (Å²) in [7, 11) is 3.92. The molecule has 0 saturated heterocycles. The SMILES string of the molecule is CC(O)CC(CCO)N(C)C. The Hall–Kier alpha value is -0.120. The third kappa shape index (κ3) is 5.18. The van der Waals surface area contributed by atoms with E-state index >= 15 is 0 Å². The maximum atomic E-state index is 9.09. The molecule has 0 saturated carbocycles. The zero-order valence-electron chi connectivity index (χ0n) is 7.62. The Morgan fingerprint density at radius 1 is 1.36 bits per heavy atom. The summed E-state index contributed by atoms with van der Waals surface area (Å²) in [5.41, 5.74) is 0. The maximum absolute atomic E-state index is 9.09. The summed E-state index contributed by atoms with van der Waals surface area (Å²) in [6.45, 7) is 1.96. The van der Waals surface area contributed by atoms with Crippen LogP contribution in [0.4, 0.5) is 0 Å². The van der Waals surface area contributed by atoms with Crippen LogP contribution in [-0.2, 0) is 0 Å². The van der Waals surface area contributed by atoms with Crippen molar-refractivity contribution in [2.24, 2.45) is 0 Å². The average Bonchev–Trinajstić information content (AvgIpc) is 1.86. The molecule has 0 aliphatic rings. The largest absolute Gasteiger partial charge is 0.396 e. The summed E-state index contributed by atoms with van der Waals surface area (Å²) < 4.78 is 0. The van der Waals surface area contributed by atoms with E-state index < -0.39 is 0 Å². The summed E-state index contributed by atoms with van der Waals surface area (Å²) >= 11 is 0. The predicted octanol–water partition coefficient (Wildman–Crippen LogP) is 0.0699. The first-order valence-electron chi connectivity index (χ1n) is 4.03. The molecule has 2 N–H and O–H groups in total. The lowest BCUT2D eigenvalue weighted by Gasteiger charge is -2.24. The molecule has 0 aromatic rings. The van der Waals surface area contributed by atoms with E-state index in [1.807, 2.05) is 19.0 Å². The molecular weight excluding hydrogens is 142 g/mol. The van der Waals surface area contributed by atoms with Crippen LogP contribution < -0.4 is 0 Å². The van der Waals surface area contributed by atoms with Crippen molar-refractivity contribution < 1.29 is 10.2 Å². The predicted molar refractivity (Wildman–Crippen MR) is 45.5 cm³/mol. The van der Waals surface area contributed by atoms with Crippen LogP contribution in [0, 0.1) is 0 Å². The zero-order chi connectivity index (χ0) is 8.85. The van der Waals surface area contributed by atoms with Crippen molar-refractivity contribution >= 4 is 0 Å². The van der Waals surface area contributed by atoms with Crippen LogP contribution in [0.15, 0.2) is 0 Å². The summed E-state index contributed by atoms with van der Waals surface area (Å²) in [6, 6.07) is 0.292. The van der Waals surface area contributed by atoms with E-state index in [1.165, 1.54) is 0 Å². The fraction of sp³-hybridized carbons (Fsp3) is 1.00. The smallest absolute Gasteiger partial charge is 0.0527 e. The Balaban J connectivity index is 3.69. The molecule has 2 unspecified atom stereocenters. The standard InChI is InChI=1S/C8H19NO2/c1-7(11)6-8(4-5-10)9(2)3/h7-8,10-11H,4-6H2,1-3H3. The number of hydrogen-bond acceptors (Lipinski definition) is 3. The number of aliphatic hydroxyl groups excluding tert-OH is 2.